The number of fused-ring (bicyclic) bond motifs is 1. The van der Waals surface area contributed by atoms with E-state index in [9.17, 15) is 19.2 Å². The number of rotatable bonds is 6. The number of nitrogens with one attached hydrogen (secondary N) is 1. The normalized spacial score (nSPS) is 21.9. The van der Waals surface area contributed by atoms with Crippen molar-refractivity contribution in [3.8, 4) is 0 Å². The maximum atomic E-state index is 12.5. The summed E-state index contributed by atoms with van der Waals surface area (Å²) < 4.78 is 5.05. The van der Waals surface area contributed by atoms with Gasteiger partial charge in [0.1, 0.15) is 6.04 Å². The number of hydrogen-bond acceptors (Lipinski definition) is 5. The molecule has 2 aliphatic rings. The Morgan fingerprint density at radius 2 is 1.59 bits per heavy atom. The van der Waals surface area contributed by atoms with Crippen molar-refractivity contribution in [1.29, 1.82) is 0 Å². The molecule has 3 rings (SSSR count). The summed E-state index contributed by atoms with van der Waals surface area (Å²) in [4.78, 5) is 50.5. The van der Waals surface area contributed by atoms with Crippen molar-refractivity contribution in [1.82, 2.24) is 4.90 Å². The molecule has 0 radical (unpaired) electrons. The van der Waals surface area contributed by atoms with Gasteiger partial charge >= 0.3 is 5.97 Å². The fourth-order valence-corrected chi connectivity index (χ4v) is 3.72. The van der Waals surface area contributed by atoms with E-state index in [2.05, 4.69) is 19.2 Å². The fourth-order valence-electron chi connectivity index (χ4n) is 3.72. The maximum Gasteiger partial charge on any atom is 0.329 e. The third-order valence-corrected chi connectivity index (χ3v) is 5.48. The van der Waals surface area contributed by atoms with Crippen LogP contribution in [0, 0.1) is 11.8 Å². The number of ether oxygens (including phenoxy) is 1. The summed E-state index contributed by atoms with van der Waals surface area (Å²) in [6.07, 6.45) is 4.78. The zero-order valence-electron chi connectivity index (χ0n) is 16.9. The molecular formula is C22H26N2O5. The Morgan fingerprint density at radius 3 is 2.10 bits per heavy atom. The second kappa shape index (κ2) is 8.59. The van der Waals surface area contributed by atoms with Gasteiger partial charge in [-0.1, -0.05) is 38.1 Å². The molecule has 1 heterocycles. The van der Waals surface area contributed by atoms with Crippen LogP contribution in [0.25, 0.3) is 0 Å². The van der Waals surface area contributed by atoms with E-state index in [0.29, 0.717) is 24.4 Å². The van der Waals surface area contributed by atoms with Gasteiger partial charge < -0.3 is 10.1 Å². The van der Waals surface area contributed by atoms with Crippen LogP contribution in [0.1, 0.15) is 45.1 Å². The third-order valence-electron chi connectivity index (χ3n) is 5.48. The lowest BCUT2D eigenvalue weighted by atomic mass is 9.85. The lowest BCUT2D eigenvalue weighted by Gasteiger charge is -2.21. The van der Waals surface area contributed by atoms with Crippen LogP contribution in [0.3, 0.4) is 0 Å². The van der Waals surface area contributed by atoms with Crippen LogP contribution >= 0.6 is 0 Å². The molecule has 1 fully saturated rings. The quantitative estimate of drug-likeness (QED) is 0.452. The van der Waals surface area contributed by atoms with Crippen molar-refractivity contribution in [2.24, 2.45) is 11.8 Å². The van der Waals surface area contributed by atoms with Gasteiger partial charge in [0, 0.05) is 5.69 Å². The number of anilines is 1. The topological polar surface area (TPSA) is 92.8 Å². The van der Waals surface area contributed by atoms with E-state index in [-0.39, 0.29) is 11.8 Å². The molecule has 0 unspecified atom stereocenters. The standard InChI is InChI=1S/C22H26N2O5/c1-13(2)15-8-10-16(11-9-15)23-19(25)12-29-22(28)14(3)24-20(26)17-6-4-5-7-18(17)21(24)27/h4-5,8-11,13-14,17-18H,6-7,12H2,1-3H3,(H,23,25)/t14-,17+,18+/m0/s1. The highest BCUT2D eigenvalue weighted by molar-refractivity contribution is 6.08. The number of amides is 3. The van der Waals surface area contributed by atoms with E-state index < -0.39 is 36.4 Å². The van der Waals surface area contributed by atoms with Crippen LogP contribution in [0.15, 0.2) is 36.4 Å². The van der Waals surface area contributed by atoms with Gasteiger partial charge in [0.15, 0.2) is 6.61 Å². The van der Waals surface area contributed by atoms with Crippen LogP contribution < -0.4 is 5.32 Å². The molecule has 1 aliphatic carbocycles. The van der Waals surface area contributed by atoms with Crippen LogP contribution in [0.4, 0.5) is 5.69 Å². The largest absolute Gasteiger partial charge is 0.454 e. The lowest BCUT2D eigenvalue weighted by Crippen LogP contribution is -2.45. The molecule has 1 aliphatic heterocycles. The molecule has 1 saturated heterocycles. The smallest absolute Gasteiger partial charge is 0.329 e. The third kappa shape index (κ3) is 4.39. The van der Waals surface area contributed by atoms with Crippen molar-refractivity contribution in [3.05, 3.63) is 42.0 Å². The molecule has 154 valence electrons. The predicted molar refractivity (Wildman–Crippen MR) is 107 cm³/mol. The Balaban J connectivity index is 1.53. The minimum absolute atomic E-state index is 0.344. The molecule has 1 N–H and O–H groups in total. The number of imide groups is 1. The molecule has 0 bridgehead atoms. The van der Waals surface area contributed by atoms with Gasteiger partial charge in [-0.25, -0.2) is 4.79 Å². The first kappa shape index (κ1) is 20.8. The molecule has 1 aromatic rings. The molecule has 29 heavy (non-hydrogen) atoms. The molecule has 7 nitrogen and oxygen atoms in total. The number of hydrogen-bond donors (Lipinski definition) is 1. The lowest BCUT2D eigenvalue weighted by molar-refractivity contribution is -0.159. The number of esters is 1. The predicted octanol–water partition coefficient (Wildman–Crippen LogP) is 2.63. The van der Waals surface area contributed by atoms with Gasteiger partial charge in [-0.3, -0.25) is 19.3 Å². The molecule has 3 atom stereocenters. The van der Waals surface area contributed by atoms with E-state index in [4.69, 9.17) is 4.74 Å². The average molecular weight is 398 g/mol. The number of benzene rings is 1. The summed E-state index contributed by atoms with van der Waals surface area (Å²) >= 11 is 0. The Kier molecular flexibility index (Phi) is 6.15. The summed E-state index contributed by atoms with van der Waals surface area (Å²) in [7, 11) is 0. The number of carbonyl (C=O) groups is 4. The minimum atomic E-state index is -1.06. The Bertz CT molecular complexity index is 817. The van der Waals surface area contributed by atoms with Crippen LogP contribution in [-0.4, -0.2) is 41.2 Å². The van der Waals surface area contributed by atoms with E-state index in [0.717, 1.165) is 10.5 Å². The SMILES string of the molecule is CC(C)c1ccc(NC(=O)COC(=O)[C@H](C)N2C(=O)[C@@H]3CC=CC[C@H]3C2=O)cc1. The molecule has 1 aromatic carbocycles. The summed E-state index contributed by atoms with van der Waals surface area (Å²) in [6, 6.07) is 6.36. The van der Waals surface area contributed by atoms with Crippen molar-refractivity contribution in [3.63, 3.8) is 0 Å². The molecule has 0 spiro atoms. The highest BCUT2D eigenvalue weighted by atomic mass is 16.5. The Morgan fingerprint density at radius 1 is 1.03 bits per heavy atom. The Labute approximate surface area is 170 Å². The highest BCUT2D eigenvalue weighted by Crippen LogP contribution is 2.36. The summed E-state index contributed by atoms with van der Waals surface area (Å²) in [5.41, 5.74) is 1.75. The summed E-state index contributed by atoms with van der Waals surface area (Å²) in [5, 5.41) is 2.66. The van der Waals surface area contributed by atoms with Gasteiger partial charge in [0.05, 0.1) is 11.8 Å². The maximum absolute atomic E-state index is 12.5. The number of carbonyl (C=O) groups excluding carboxylic acids is 4. The van der Waals surface area contributed by atoms with E-state index in [1.807, 2.05) is 24.3 Å². The first-order chi connectivity index (χ1) is 13.8. The Hall–Kier alpha value is -2.96. The fraction of sp³-hybridized carbons (Fsp3) is 0.455. The second-order valence-electron chi connectivity index (χ2n) is 7.81. The zero-order valence-corrected chi connectivity index (χ0v) is 16.9. The summed E-state index contributed by atoms with van der Waals surface area (Å²) in [5.74, 6) is -2.37. The van der Waals surface area contributed by atoms with Gasteiger partial charge in [-0.05, 0) is 43.4 Å². The number of likely N-dealkylation sites (tertiary alicyclic amines) is 1. The van der Waals surface area contributed by atoms with Crippen molar-refractivity contribution in [2.75, 3.05) is 11.9 Å². The van der Waals surface area contributed by atoms with Crippen molar-refractivity contribution >= 4 is 29.4 Å². The van der Waals surface area contributed by atoms with E-state index >= 15 is 0 Å². The van der Waals surface area contributed by atoms with Crippen molar-refractivity contribution < 1.29 is 23.9 Å². The summed E-state index contributed by atoms with van der Waals surface area (Å²) in [6.45, 7) is 5.12. The van der Waals surface area contributed by atoms with Gasteiger partial charge in [0.2, 0.25) is 11.8 Å². The highest BCUT2D eigenvalue weighted by Gasteiger charge is 2.50. The van der Waals surface area contributed by atoms with Gasteiger partial charge in [0.25, 0.3) is 5.91 Å². The second-order valence-corrected chi connectivity index (χ2v) is 7.81. The average Bonchev–Trinajstić information content (AvgIpc) is 2.96. The first-order valence-electron chi connectivity index (χ1n) is 9.88. The molecule has 7 heteroatoms. The minimum Gasteiger partial charge on any atom is -0.454 e. The molecular weight excluding hydrogens is 372 g/mol. The van der Waals surface area contributed by atoms with Crippen LogP contribution in [-0.2, 0) is 23.9 Å². The van der Waals surface area contributed by atoms with E-state index in [1.54, 1.807) is 12.1 Å². The monoisotopic (exact) mass is 398 g/mol. The molecule has 0 aromatic heterocycles. The first-order valence-corrected chi connectivity index (χ1v) is 9.88. The number of allylic oxidation sites excluding steroid dienone is 2. The van der Waals surface area contributed by atoms with Crippen LogP contribution in [0.2, 0.25) is 0 Å². The number of nitrogens with zero attached hydrogens (tertiary/aromatic N) is 1. The molecule has 0 saturated carbocycles. The zero-order chi connectivity index (χ0) is 21.1. The van der Waals surface area contributed by atoms with Gasteiger partial charge in [-0.2, -0.15) is 0 Å². The van der Waals surface area contributed by atoms with Crippen LogP contribution in [0.5, 0.6) is 0 Å². The molecule has 3 amide bonds. The van der Waals surface area contributed by atoms with E-state index in [1.165, 1.54) is 6.92 Å². The van der Waals surface area contributed by atoms with Crippen molar-refractivity contribution in [2.45, 2.75) is 45.6 Å². The van der Waals surface area contributed by atoms with Gasteiger partial charge in [-0.15, -0.1) is 0 Å².